The van der Waals surface area contributed by atoms with Crippen LogP contribution in [-0.2, 0) is 4.79 Å². The molecule has 104 valence electrons. The Balaban J connectivity index is 2.62. The molecule has 0 aliphatic rings. The van der Waals surface area contributed by atoms with E-state index in [4.69, 9.17) is 5.26 Å². The minimum absolute atomic E-state index is 0.184. The molecule has 0 radical (unpaired) electrons. The summed E-state index contributed by atoms with van der Waals surface area (Å²) in [6.45, 7) is 6.22. The van der Waals surface area contributed by atoms with Crippen LogP contribution < -0.4 is 5.43 Å². The second-order valence-electron chi connectivity index (χ2n) is 4.84. The van der Waals surface area contributed by atoms with Crippen LogP contribution in [0.5, 0.6) is 0 Å². The van der Waals surface area contributed by atoms with Gasteiger partial charge in [-0.25, -0.2) is 5.43 Å². The van der Waals surface area contributed by atoms with E-state index in [0.29, 0.717) is 5.92 Å². The molecule has 1 amide bonds. The molecule has 20 heavy (non-hydrogen) atoms. The maximum atomic E-state index is 11.0. The molecule has 1 rings (SSSR count). The van der Waals surface area contributed by atoms with Crippen molar-refractivity contribution in [2.45, 2.75) is 33.1 Å². The van der Waals surface area contributed by atoms with Gasteiger partial charge in [0.1, 0.15) is 6.42 Å². The molecule has 4 nitrogen and oxygen atoms in total. The number of allylic oxidation sites excluding steroid dienone is 1. The Morgan fingerprint density at radius 1 is 1.40 bits per heavy atom. The van der Waals surface area contributed by atoms with Crippen LogP contribution >= 0.6 is 0 Å². The van der Waals surface area contributed by atoms with E-state index in [9.17, 15) is 4.79 Å². The lowest BCUT2D eigenvalue weighted by atomic mass is 10.0. The molecule has 0 bridgehead atoms. The fourth-order valence-electron chi connectivity index (χ4n) is 1.59. The number of hydrogen-bond acceptors (Lipinski definition) is 3. The Kier molecular flexibility index (Phi) is 6.18. The van der Waals surface area contributed by atoms with Crippen LogP contribution in [0.15, 0.2) is 34.9 Å². The van der Waals surface area contributed by atoms with Gasteiger partial charge in [0, 0.05) is 0 Å². The molecule has 0 aliphatic heterocycles. The fraction of sp³-hybridized carbons (Fsp3) is 0.312. The van der Waals surface area contributed by atoms with E-state index in [2.05, 4.69) is 48.6 Å². The Labute approximate surface area is 119 Å². The van der Waals surface area contributed by atoms with Crippen molar-refractivity contribution in [3.05, 3.63) is 41.0 Å². The van der Waals surface area contributed by atoms with Crippen molar-refractivity contribution >= 4 is 18.2 Å². The van der Waals surface area contributed by atoms with E-state index in [1.807, 2.05) is 13.0 Å². The molecule has 0 spiro atoms. The first-order valence-electron chi connectivity index (χ1n) is 6.50. The lowest BCUT2D eigenvalue weighted by Crippen LogP contribution is -2.16. The number of hydrazone groups is 1. The normalized spacial score (nSPS) is 11.7. The average Bonchev–Trinajstić information content (AvgIpc) is 2.39. The van der Waals surface area contributed by atoms with Gasteiger partial charge in [0.2, 0.25) is 0 Å². The number of nitrogens with one attached hydrogen (secondary N) is 1. The van der Waals surface area contributed by atoms with Crippen molar-refractivity contribution in [3.63, 3.8) is 0 Å². The topological polar surface area (TPSA) is 65.2 Å². The summed E-state index contributed by atoms with van der Waals surface area (Å²) in [7, 11) is 0. The van der Waals surface area contributed by atoms with Crippen LogP contribution in [0.1, 0.15) is 44.2 Å². The maximum Gasteiger partial charge on any atom is 0.254 e. The van der Waals surface area contributed by atoms with Crippen LogP contribution in [0.2, 0.25) is 0 Å². The van der Waals surface area contributed by atoms with Gasteiger partial charge < -0.3 is 0 Å². The molecule has 0 heterocycles. The summed E-state index contributed by atoms with van der Waals surface area (Å²) in [5.74, 6) is 0.115. The molecular weight excluding hydrogens is 250 g/mol. The van der Waals surface area contributed by atoms with E-state index in [-0.39, 0.29) is 6.42 Å². The van der Waals surface area contributed by atoms with Crippen LogP contribution in [0, 0.1) is 11.3 Å². The first-order valence-corrected chi connectivity index (χ1v) is 6.50. The van der Waals surface area contributed by atoms with Crippen molar-refractivity contribution in [3.8, 4) is 6.07 Å². The van der Waals surface area contributed by atoms with Gasteiger partial charge in [0.15, 0.2) is 0 Å². The number of rotatable bonds is 5. The predicted octanol–water partition coefficient (Wildman–Crippen LogP) is 3.23. The van der Waals surface area contributed by atoms with Gasteiger partial charge >= 0.3 is 0 Å². The highest BCUT2D eigenvalue weighted by Crippen LogP contribution is 2.15. The summed E-state index contributed by atoms with van der Waals surface area (Å²) in [4.78, 5) is 11.0. The van der Waals surface area contributed by atoms with Gasteiger partial charge in [-0.3, -0.25) is 4.79 Å². The van der Waals surface area contributed by atoms with Crippen LogP contribution in [0.3, 0.4) is 0 Å². The third-order valence-electron chi connectivity index (χ3n) is 2.69. The number of nitriles is 1. The number of carbonyl (C=O) groups is 1. The van der Waals surface area contributed by atoms with Gasteiger partial charge in [0.25, 0.3) is 5.91 Å². The highest BCUT2D eigenvalue weighted by atomic mass is 16.2. The molecule has 0 unspecified atom stereocenters. The second kappa shape index (κ2) is 7.90. The minimum Gasteiger partial charge on any atom is -0.272 e. The summed E-state index contributed by atoms with van der Waals surface area (Å²) in [5.41, 5.74) is 5.60. The van der Waals surface area contributed by atoms with E-state index < -0.39 is 5.91 Å². The summed E-state index contributed by atoms with van der Waals surface area (Å²) < 4.78 is 0. The Morgan fingerprint density at radius 2 is 2.05 bits per heavy atom. The predicted molar refractivity (Wildman–Crippen MR) is 81.0 cm³/mol. The van der Waals surface area contributed by atoms with Crippen LogP contribution in [0.4, 0.5) is 0 Å². The summed E-state index contributed by atoms with van der Waals surface area (Å²) >= 11 is 0. The molecule has 1 aromatic carbocycles. The molecular formula is C16H19N3O. The largest absolute Gasteiger partial charge is 0.272 e. The fourth-order valence-corrected chi connectivity index (χ4v) is 1.59. The molecule has 1 N–H and O–H groups in total. The molecule has 0 fully saturated rings. The van der Waals surface area contributed by atoms with E-state index >= 15 is 0 Å². The van der Waals surface area contributed by atoms with Gasteiger partial charge in [-0.05, 0) is 29.5 Å². The number of benzene rings is 1. The van der Waals surface area contributed by atoms with Crippen LogP contribution in [-0.4, -0.2) is 12.1 Å². The third kappa shape index (κ3) is 5.49. The lowest BCUT2D eigenvalue weighted by molar-refractivity contribution is -0.120. The first kappa shape index (κ1) is 15.6. The quantitative estimate of drug-likeness (QED) is 0.658. The molecule has 0 aromatic heterocycles. The molecule has 0 atom stereocenters. The van der Waals surface area contributed by atoms with E-state index in [1.54, 1.807) is 12.3 Å². The zero-order chi connectivity index (χ0) is 15.0. The Bertz CT molecular complexity index is 548. The highest BCUT2D eigenvalue weighted by Gasteiger charge is 1.98. The maximum absolute atomic E-state index is 11.0. The monoisotopic (exact) mass is 269 g/mol. The van der Waals surface area contributed by atoms with Crippen molar-refractivity contribution in [1.29, 1.82) is 5.26 Å². The van der Waals surface area contributed by atoms with Crippen molar-refractivity contribution in [2.75, 3.05) is 0 Å². The molecule has 1 aromatic rings. The van der Waals surface area contributed by atoms with Crippen molar-refractivity contribution in [2.24, 2.45) is 5.10 Å². The lowest BCUT2D eigenvalue weighted by Gasteiger charge is -2.04. The van der Waals surface area contributed by atoms with Crippen LogP contribution in [0.25, 0.3) is 6.08 Å². The molecule has 4 heteroatoms. The minimum atomic E-state index is -0.405. The van der Waals surface area contributed by atoms with Gasteiger partial charge in [-0.2, -0.15) is 10.4 Å². The Morgan fingerprint density at radius 3 is 2.60 bits per heavy atom. The van der Waals surface area contributed by atoms with E-state index in [1.165, 1.54) is 5.56 Å². The number of carbonyl (C=O) groups excluding carboxylic acids is 1. The van der Waals surface area contributed by atoms with Gasteiger partial charge in [0.05, 0.1) is 12.3 Å². The first-order chi connectivity index (χ1) is 9.52. The van der Waals surface area contributed by atoms with Gasteiger partial charge in [-0.1, -0.05) is 44.2 Å². The smallest absolute Gasteiger partial charge is 0.254 e. The van der Waals surface area contributed by atoms with Crippen molar-refractivity contribution in [1.82, 2.24) is 5.43 Å². The zero-order valence-electron chi connectivity index (χ0n) is 12.1. The van der Waals surface area contributed by atoms with Crippen molar-refractivity contribution < 1.29 is 4.79 Å². The summed E-state index contributed by atoms with van der Waals surface area (Å²) in [6, 6.07) is 10.1. The summed E-state index contributed by atoms with van der Waals surface area (Å²) in [5, 5.41) is 12.1. The van der Waals surface area contributed by atoms with Gasteiger partial charge in [-0.15, -0.1) is 0 Å². The zero-order valence-corrected chi connectivity index (χ0v) is 12.1. The second-order valence-corrected chi connectivity index (χ2v) is 4.84. The SMILES string of the molecule is CC(=C/c1ccc(C(C)C)cc1)/C=N/NC(=O)CC#N. The number of amides is 1. The molecule has 0 saturated heterocycles. The molecule has 0 saturated carbocycles. The Hall–Kier alpha value is -2.41. The third-order valence-corrected chi connectivity index (χ3v) is 2.69. The average molecular weight is 269 g/mol. The standard InChI is InChI=1S/C16H19N3O/c1-12(2)15-6-4-14(5-7-15)10-13(3)11-18-19-16(20)8-9-17/h4-7,10-12H,8H2,1-3H3,(H,19,20)/b13-10-,18-11+. The van der Waals surface area contributed by atoms with E-state index in [0.717, 1.165) is 11.1 Å². The highest BCUT2D eigenvalue weighted by molar-refractivity contribution is 5.86. The molecule has 0 aliphatic carbocycles. The number of hydrogen-bond donors (Lipinski definition) is 1. The summed E-state index contributed by atoms with van der Waals surface area (Å²) in [6.07, 6.45) is 3.35. The number of nitrogens with zero attached hydrogens (tertiary/aromatic N) is 2.